The van der Waals surface area contributed by atoms with E-state index in [9.17, 15) is 5.11 Å². The minimum absolute atomic E-state index is 0.148. The van der Waals surface area contributed by atoms with Gasteiger partial charge < -0.3 is 10.4 Å². The molecule has 0 amide bonds. The molecule has 0 fully saturated rings. The lowest BCUT2D eigenvalue weighted by atomic mass is 10.1. The first-order valence-electron chi connectivity index (χ1n) is 7.44. The maximum absolute atomic E-state index is 9.25. The van der Waals surface area contributed by atoms with Crippen molar-refractivity contribution in [2.24, 2.45) is 0 Å². The molecule has 7 heteroatoms. The Hall–Kier alpha value is -2.12. The molecule has 120 valence electrons. The second-order valence-corrected chi connectivity index (χ2v) is 6.08. The van der Waals surface area contributed by atoms with Crippen LogP contribution in [0.15, 0.2) is 42.7 Å². The Labute approximate surface area is 139 Å². The van der Waals surface area contributed by atoms with E-state index in [1.807, 2.05) is 36.4 Å². The van der Waals surface area contributed by atoms with E-state index in [4.69, 9.17) is 0 Å². The zero-order valence-electron chi connectivity index (χ0n) is 12.9. The second kappa shape index (κ2) is 7.43. The number of hydrogen-bond donors (Lipinski definition) is 2. The number of aliphatic hydroxyl groups excluding tert-OH is 1. The molecule has 0 aliphatic carbocycles. The molecule has 0 aliphatic rings. The second-order valence-electron chi connectivity index (χ2n) is 5.17. The Kier molecular flexibility index (Phi) is 5.09. The molecule has 1 atom stereocenters. The molecule has 0 bridgehead atoms. The van der Waals surface area contributed by atoms with E-state index in [0.717, 1.165) is 22.8 Å². The quantitative estimate of drug-likeness (QED) is 0.693. The summed E-state index contributed by atoms with van der Waals surface area (Å²) in [5, 5.41) is 16.9. The zero-order chi connectivity index (χ0) is 16.1. The smallest absolute Gasteiger partial charge is 0.254 e. The highest BCUT2D eigenvalue weighted by atomic mass is 32.2. The van der Waals surface area contributed by atoms with Crippen molar-refractivity contribution < 1.29 is 5.11 Å². The van der Waals surface area contributed by atoms with Crippen LogP contribution in [0.2, 0.25) is 0 Å². The lowest BCUT2D eigenvalue weighted by Gasteiger charge is -2.18. The molecule has 6 nitrogen and oxygen atoms in total. The van der Waals surface area contributed by atoms with Crippen LogP contribution in [-0.2, 0) is 0 Å². The molecule has 2 aromatic heterocycles. The fourth-order valence-electron chi connectivity index (χ4n) is 2.44. The summed E-state index contributed by atoms with van der Waals surface area (Å²) < 4.78 is 1.69. The minimum Gasteiger partial charge on any atom is -0.396 e. The molecule has 3 aromatic rings. The Morgan fingerprint density at radius 2 is 2.13 bits per heavy atom. The van der Waals surface area contributed by atoms with Crippen molar-refractivity contribution in [3.8, 4) is 11.3 Å². The van der Waals surface area contributed by atoms with E-state index in [0.29, 0.717) is 12.2 Å². The number of hydrogen-bond acceptors (Lipinski definition) is 6. The van der Waals surface area contributed by atoms with Gasteiger partial charge in [0.2, 0.25) is 0 Å². The first kappa shape index (κ1) is 15.8. The topological polar surface area (TPSA) is 75.3 Å². The summed E-state index contributed by atoms with van der Waals surface area (Å²) >= 11 is 1.74. The lowest BCUT2D eigenvalue weighted by Crippen LogP contribution is -2.25. The van der Waals surface area contributed by atoms with Gasteiger partial charge in [-0.05, 0) is 12.7 Å². The van der Waals surface area contributed by atoms with Gasteiger partial charge in [0.1, 0.15) is 12.1 Å². The van der Waals surface area contributed by atoms with Crippen molar-refractivity contribution in [2.75, 3.05) is 23.9 Å². The molecule has 3 rings (SSSR count). The predicted octanol–water partition coefficient (Wildman–Crippen LogP) is 2.32. The fraction of sp³-hybridized carbons (Fsp3) is 0.312. The first-order valence-corrected chi connectivity index (χ1v) is 8.83. The Balaban J connectivity index is 1.99. The summed E-state index contributed by atoms with van der Waals surface area (Å²) in [6, 6.07) is 12.1. The van der Waals surface area contributed by atoms with Gasteiger partial charge in [0.25, 0.3) is 5.78 Å². The van der Waals surface area contributed by atoms with Crippen molar-refractivity contribution in [3.63, 3.8) is 0 Å². The molecular formula is C16H19N5OS. The summed E-state index contributed by atoms with van der Waals surface area (Å²) in [6.07, 6.45) is 4.23. The molecule has 0 saturated carbocycles. The number of rotatable bonds is 7. The molecule has 1 aromatic carbocycles. The Bertz CT molecular complexity index is 756. The summed E-state index contributed by atoms with van der Waals surface area (Å²) in [5.41, 5.74) is 1.88. The van der Waals surface area contributed by atoms with Gasteiger partial charge in [-0.3, -0.25) is 0 Å². The zero-order valence-corrected chi connectivity index (χ0v) is 13.7. The van der Waals surface area contributed by atoms with Gasteiger partial charge in [0.05, 0.1) is 5.69 Å². The highest BCUT2D eigenvalue weighted by molar-refractivity contribution is 7.98. The third-order valence-corrected chi connectivity index (χ3v) is 4.25. The Morgan fingerprint density at radius 3 is 2.87 bits per heavy atom. The minimum atomic E-state index is 0.148. The molecule has 2 N–H and O–H groups in total. The largest absolute Gasteiger partial charge is 0.396 e. The number of anilines is 1. The number of nitrogens with one attached hydrogen (secondary N) is 1. The number of thioether (sulfide) groups is 1. The van der Waals surface area contributed by atoms with Gasteiger partial charge in [-0.25, -0.2) is 4.98 Å². The number of fused-ring (bicyclic) bond motifs is 1. The van der Waals surface area contributed by atoms with Gasteiger partial charge in [0.15, 0.2) is 0 Å². The standard InChI is InChI=1S/C16H19N5OS/c1-23-10-13(7-8-22)19-15-9-14(12-5-3-2-4-6-12)20-16-17-11-18-21(15)16/h2-6,9,11,13,19,22H,7-8,10H2,1H3. The normalized spacial score (nSPS) is 12.4. The van der Waals surface area contributed by atoms with Crippen molar-refractivity contribution in [1.29, 1.82) is 0 Å². The maximum atomic E-state index is 9.25. The van der Waals surface area contributed by atoms with Crippen LogP contribution in [0.1, 0.15) is 6.42 Å². The number of benzene rings is 1. The van der Waals surface area contributed by atoms with Crippen LogP contribution < -0.4 is 5.32 Å². The molecule has 1 unspecified atom stereocenters. The molecular weight excluding hydrogens is 310 g/mol. The van der Waals surface area contributed by atoms with Crippen LogP contribution in [0.4, 0.5) is 5.82 Å². The monoisotopic (exact) mass is 329 g/mol. The molecule has 0 saturated heterocycles. The van der Waals surface area contributed by atoms with Crippen LogP contribution in [0, 0.1) is 0 Å². The third kappa shape index (κ3) is 3.62. The molecule has 0 radical (unpaired) electrons. The SMILES string of the molecule is CSCC(CCO)Nc1cc(-c2ccccc2)nc2ncnn12. The lowest BCUT2D eigenvalue weighted by molar-refractivity contribution is 0.282. The van der Waals surface area contributed by atoms with Crippen LogP contribution in [0.3, 0.4) is 0 Å². The van der Waals surface area contributed by atoms with Gasteiger partial charge in [-0.15, -0.1) is 0 Å². The van der Waals surface area contributed by atoms with Crippen molar-refractivity contribution >= 4 is 23.4 Å². The van der Waals surface area contributed by atoms with Crippen LogP contribution in [-0.4, -0.2) is 49.3 Å². The van der Waals surface area contributed by atoms with Gasteiger partial charge >= 0.3 is 0 Å². The summed E-state index contributed by atoms with van der Waals surface area (Å²) in [6.45, 7) is 0.148. The van der Waals surface area contributed by atoms with E-state index >= 15 is 0 Å². The average molecular weight is 329 g/mol. The molecule has 0 aliphatic heterocycles. The summed E-state index contributed by atoms with van der Waals surface area (Å²) in [4.78, 5) is 8.77. The molecule has 0 spiro atoms. The number of aliphatic hydroxyl groups is 1. The van der Waals surface area contributed by atoms with Gasteiger partial charge in [0, 0.05) is 30.0 Å². The highest BCUT2D eigenvalue weighted by Gasteiger charge is 2.13. The van der Waals surface area contributed by atoms with E-state index < -0.39 is 0 Å². The average Bonchev–Trinajstić information content (AvgIpc) is 3.05. The first-order chi connectivity index (χ1) is 11.3. The van der Waals surface area contributed by atoms with Crippen LogP contribution in [0.5, 0.6) is 0 Å². The molecule has 23 heavy (non-hydrogen) atoms. The summed E-state index contributed by atoms with van der Waals surface area (Å²) in [7, 11) is 0. The van der Waals surface area contributed by atoms with Crippen molar-refractivity contribution in [3.05, 3.63) is 42.7 Å². The van der Waals surface area contributed by atoms with Crippen LogP contribution >= 0.6 is 11.8 Å². The number of aromatic nitrogens is 4. The third-order valence-electron chi connectivity index (χ3n) is 3.52. The van der Waals surface area contributed by atoms with Crippen molar-refractivity contribution in [2.45, 2.75) is 12.5 Å². The van der Waals surface area contributed by atoms with Gasteiger partial charge in [-0.2, -0.15) is 26.4 Å². The van der Waals surface area contributed by atoms with Gasteiger partial charge in [-0.1, -0.05) is 30.3 Å². The molecule has 2 heterocycles. The van der Waals surface area contributed by atoms with E-state index in [2.05, 4.69) is 26.6 Å². The predicted molar refractivity (Wildman–Crippen MR) is 93.7 cm³/mol. The van der Waals surface area contributed by atoms with E-state index in [-0.39, 0.29) is 12.6 Å². The highest BCUT2D eigenvalue weighted by Crippen LogP contribution is 2.22. The van der Waals surface area contributed by atoms with E-state index in [1.165, 1.54) is 6.33 Å². The maximum Gasteiger partial charge on any atom is 0.254 e. The van der Waals surface area contributed by atoms with Crippen LogP contribution in [0.25, 0.3) is 17.0 Å². The number of nitrogens with zero attached hydrogens (tertiary/aromatic N) is 4. The van der Waals surface area contributed by atoms with E-state index in [1.54, 1.807) is 16.3 Å². The fourth-order valence-corrected chi connectivity index (χ4v) is 3.09. The Morgan fingerprint density at radius 1 is 1.30 bits per heavy atom. The summed E-state index contributed by atoms with van der Waals surface area (Å²) in [5.74, 6) is 2.29. The van der Waals surface area contributed by atoms with Crippen molar-refractivity contribution in [1.82, 2.24) is 19.6 Å².